The first-order valence-corrected chi connectivity index (χ1v) is 10.7. The lowest BCUT2D eigenvalue weighted by Gasteiger charge is -2.32. The maximum Gasteiger partial charge on any atom is 0.225 e. The summed E-state index contributed by atoms with van der Waals surface area (Å²) in [6, 6.07) is 10.7. The maximum absolute atomic E-state index is 5.16. The van der Waals surface area contributed by atoms with Gasteiger partial charge in [-0.15, -0.1) is 0 Å². The van der Waals surface area contributed by atoms with Crippen LogP contribution in [0.3, 0.4) is 0 Å². The molecule has 0 radical (unpaired) electrons. The third-order valence-electron chi connectivity index (χ3n) is 5.84. The zero-order chi connectivity index (χ0) is 20.8. The Hall–Kier alpha value is -3.14. The summed E-state index contributed by atoms with van der Waals surface area (Å²) < 4.78 is 5.16. The van der Waals surface area contributed by atoms with Crippen LogP contribution in [0.1, 0.15) is 39.2 Å². The van der Waals surface area contributed by atoms with Crippen molar-refractivity contribution < 1.29 is 4.74 Å². The fourth-order valence-corrected chi connectivity index (χ4v) is 4.18. The first-order valence-electron chi connectivity index (χ1n) is 10.7. The third-order valence-corrected chi connectivity index (χ3v) is 5.84. The van der Waals surface area contributed by atoms with Gasteiger partial charge in [0, 0.05) is 13.1 Å². The average molecular weight is 416 g/mol. The van der Waals surface area contributed by atoms with E-state index in [9.17, 15) is 0 Å². The Balaban J connectivity index is 0.00000272. The molecule has 4 nitrogen and oxygen atoms in total. The van der Waals surface area contributed by atoms with E-state index in [2.05, 4.69) is 82.5 Å². The predicted molar refractivity (Wildman–Crippen MR) is 130 cm³/mol. The summed E-state index contributed by atoms with van der Waals surface area (Å²) in [6.45, 7) is 4.04. The number of piperidine rings is 1. The number of rotatable bonds is 6. The molecule has 2 aromatic rings. The molecule has 4 heteroatoms. The molecule has 1 aliphatic carbocycles. The molecule has 0 amide bonds. The van der Waals surface area contributed by atoms with E-state index in [1.54, 1.807) is 19.5 Å². The van der Waals surface area contributed by atoms with E-state index in [-0.39, 0.29) is 7.43 Å². The molecule has 1 aromatic heterocycles. The summed E-state index contributed by atoms with van der Waals surface area (Å²) in [5, 5.41) is 0. The zero-order valence-electron chi connectivity index (χ0n) is 17.8. The number of allylic oxidation sites excluding steroid dienone is 8. The van der Waals surface area contributed by atoms with Crippen LogP contribution in [0.4, 0.5) is 5.95 Å². The summed E-state index contributed by atoms with van der Waals surface area (Å²) in [5.74, 6) is 2.05. The summed E-state index contributed by atoms with van der Waals surface area (Å²) in [6.07, 6.45) is 18.2. The van der Waals surface area contributed by atoms with E-state index in [0.29, 0.717) is 11.7 Å². The quantitative estimate of drug-likeness (QED) is 0.522. The number of methoxy groups -OCH3 is 1. The van der Waals surface area contributed by atoms with Gasteiger partial charge in [-0.2, -0.15) is 0 Å². The monoisotopic (exact) mass is 415 g/mol. The van der Waals surface area contributed by atoms with Gasteiger partial charge in [0.25, 0.3) is 0 Å². The van der Waals surface area contributed by atoms with Crippen LogP contribution in [0.25, 0.3) is 5.57 Å². The second-order valence-corrected chi connectivity index (χ2v) is 7.77. The SMILES string of the molecule is C.C/C=C\C(=C/C1=CCC(c2ccccc2)=C1)C1CCN(c2ncc(OC)cn2)CC1. The first-order chi connectivity index (χ1) is 14.8. The van der Waals surface area contributed by atoms with E-state index in [1.165, 1.54) is 22.3 Å². The summed E-state index contributed by atoms with van der Waals surface area (Å²) in [4.78, 5) is 11.2. The Labute approximate surface area is 186 Å². The van der Waals surface area contributed by atoms with E-state index in [0.717, 1.165) is 38.3 Å². The lowest BCUT2D eigenvalue weighted by Crippen LogP contribution is -2.35. The van der Waals surface area contributed by atoms with Gasteiger partial charge in [-0.3, -0.25) is 0 Å². The minimum atomic E-state index is 0. The topological polar surface area (TPSA) is 38.2 Å². The van der Waals surface area contributed by atoms with Crippen molar-refractivity contribution >= 4 is 11.5 Å². The molecule has 0 saturated carbocycles. The van der Waals surface area contributed by atoms with Gasteiger partial charge in [0.15, 0.2) is 5.75 Å². The van der Waals surface area contributed by atoms with E-state index in [4.69, 9.17) is 4.74 Å². The van der Waals surface area contributed by atoms with Crippen molar-refractivity contribution in [1.82, 2.24) is 9.97 Å². The fraction of sp³-hybridized carbons (Fsp3) is 0.333. The van der Waals surface area contributed by atoms with Gasteiger partial charge in [0.2, 0.25) is 5.95 Å². The van der Waals surface area contributed by atoms with Gasteiger partial charge in [0.1, 0.15) is 0 Å². The van der Waals surface area contributed by atoms with Crippen molar-refractivity contribution in [2.45, 2.75) is 33.6 Å². The van der Waals surface area contributed by atoms with Crippen molar-refractivity contribution in [3.05, 3.63) is 89.8 Å². The minimum absolute atomic E-state index is 0. The van der Waals surface area contributed by atoms with Gasteiger partial charge in [-0.1, -0.05) is 68.1 Å². The number of aromatic nitrogens is 2. The second-order valence-electron chi connectivity index (χ2n) is 7.77. The average Bonchev–Trinajstić information content (AvgIpc) is 3.28. The number of hydrogen-bond acceptors (Lipinski definition) is 4. The van der Waals surface area contributed by atoms with Gasteiger partial charge in [0.05, 0.1) is 19.5 Å². The smallest absolute Gasteiger partial charge is 0.225 e. The number of anilines is 1. The number of nitrogens with zero attached hydrogens (tertiary/aromatic N) is 3. The zero-order valence-corrected chi connectivity index (χ0v) is 17.8. The normalized spacial score (nSPS) is 17.4. The molecule has 1 saturated heterocycles. The second kappa shape index (κ2) is 10.8. The molecule has 162 valence electrons. The molecule has 0 spiro atoms. The van der Waals surface area contributed by atoms with Crippen LogP contribution in [-0.4, -0.2) is 30.2 Å². The molecular formula is C27H33N3O. The third kappa shape index (κ3) is 5.52. The molecule has 2 heterocycles. The summed E-state index contributed by atoms with van der Waals surface area (Å²) in [7, 11) is 1.64. The largest absolute Gasteiger partial charge is 0.494 e. The molecule has 0 atom stereocenters. The molecule has 31 heavy (non-hydrogen) atoms. The molecule has 4 rings (SSSR count). The Morgan fingerprint density at radius 3 is 2.45 bits per heavy atom. The Morgan fingerprint density at radius 1 is 1.10 bits per heavy atom. The lowest BCUT2D eigenvalue weighted by molar-refractivity contribution is 0.409. The summed E-state index contributed by atoms with van der Waals surface area (Å²) in [5.41, 5.74) is 5.46. The lowest BCUT2D eigenvalue weighted by atomic mass is 9.87. The molecular weight excluding hydrogens is 382 g/mol. The van der Waals surface area contributed by atoms with Crippen LogP contribution in [0.2, 0.25) is 0 Å². The molecule has 1 aliphatic heterocycles. The van der Waals surface area contributed by atoms with E-state index < -0.39 is 0 Å². The Morgan fingerprint density at radius 2 is 1.81 bits per heavy atom. The fourth-order valence-electron chi connectivity index (χ4n) is 4.18. The van der Waals surface area contributed by atoms with Gasteiger partial charge >= 0.3 is 0 Å². The van der Waals surface area contributed by atoms with Crippen LogP contribution < -0.4 is 9.64 Å². The van der Waals surface area contributed by atoms with Gasteiger partial charge < -0.3 is 9.64 Å². The van der Waals surface area contributed by atoms with Crippen molar-refractivity contribution in [2.75, 3.05) is 25.1 Å². The minimum Gasteiger partial charge on any atom is -0.494 e. The Kier molecular flexibility index (Phi) is 7.82. The molecule has 1 fully saturated rings. The van der Waals surface area contributed by atoms with E-state index in [1.807, 2.05) is 0 Å². The van der Waals surface area contributed by atoms with Crippen molar-refractivity contribution in [3.63, 3.8) is 0 Å². The van der Waals surface area contributed by atoms with Gasteiger partial charge in [-0.05, 0) is 54.4 Å². The highest BCUT2D eigenvalue weighted by molar-refractivity contribution is 5.74. The highest BCUT2D eigenvalue weighted by Gasteiger charge is 2.23. The number of hydrogen-bond donors (Lipinski definition) is 0. The van der Waals surface area contributed by atoms with Crippen LogP contribution in [0.5, 0.6) is 5.75 Å². The van der Waals surface area contributed by atoms with Crippen LogP contribution in [0, 0.1) is 5.92 Å². The predicted octanol–water partition coefficient (Wildman–Crippen LogP) is 6.25. The molecule has 0 unspecified atom stereocenters. The molecule has 2 aliphatic rings. The number of ether oxygens (including phenoxy) is 1. The summed E-state index contributed by atoms with van der Waals surface area (Å²) >= 11 is 0. The highest BCUT2D eigenvalue weighted by atomic mass is 16.5. The molecule has 1 aromatic carbocycles. The standard InChI is InChI=1S/C26H29N3O.CH4/c1-3-7-23(16-20-10-11-24(17-20)21-8-5-4-6-9-21)22-12-14-29(15-13-22)26-27-18-25(30-2)19-28-26;/h3-10,16-19,22H,11-15H2,1-2H3;1H4/b7-3-,23-16+;. The Bertz CT molecular complexity index is 963. The van der Waals surface area contributed by atoms with Crippen molar-refractivity contribution in [1.29, 1.82) is 0 Å². The first kappa shape index (κ1) is 22.5. The van der Waals surface area contributed by atoms with Crippen molar-refractivity contribution in [2.24, 2.45) is 5.92 Å². The number of benzene rings is 1. The van der Waals surface area contributed by atoms with Crippen LogP contribution >= 0.6 is 0 Å². The molecule has 0 bridgehead atoms. The van der Waals surface area contributed by atoms with E-state index >= 15 is 0 Å². The van der Waals surface area contributed by atoms with Crippen LogP contribution in [0.15, 0.2) is 84.3 Å². The molecule has 0 N–H and O–H groups in total. The van der Waals surface area contributed by atoms with Crippen LogP contribution in [-0.2, 0) is 0 Å². The highest BCUT2D eigenvalue weighted by Crippen LogP contribution is 2.32. The maximum atomic E-state index is 5.16. The van der Waals surface area contributed by atoms with Crippen molar-refractivity contribution in [3.8, 4) is 5.75 Å². The van der Waals surface area contributed by atoms with Gasteiger partial charge in [-0.25, -0.2) is 9.97 Å².